The molecule has 0 unspecified atom stereocenters. The van der Waals surface area contributed by atoms with E-state index in [4.69, 9.17) is 9.47 Å². The number of amides is 1. The molecule has 1 N–H and O–H groups in total. The molecular formula is C19H22N2O3. The highest BCUT2D eigenvalue weighted by atomic mass is 16.6. The van der Waals surface area contributed by atoms with E-state index in [1.165, 1.54) is 0 Å². The minimum Gasteiger partial charge on any atom is -0.497 e. The Balaban J connectivity index is 2.29. The normalized spacial score (nSPS) is 11.8. The van der Waals surface area contributed by atoms with E-state index in [0.717, 1.165) is 11.3 Å². The maximum Gasteiger partial charge on any atom is 0.413 e. The Kier molecular flexibility index (Phi) is 5.58. The number of benzene rings is 2. The quantitative estimate of drug-likeness (QED) is 0.676. The number of alkyl carbamates (subject to hydrolysis) is 1. The van der Waals surface area contributed by atoms with Gasteiger partial charge in [0.1, 0.15) is 17.2 Å². The number of carbonyl (C=O) groups excluding carboxylic acids is 1. The maximum atomic E-state index is 12.1. The number of methoxy groups -OCH3 is 1. The molecule has 0 heterocycles. The van der Waals surface area contributed by atoms with E-state index in [-0.39, 0.29) is 0 Å². The molecule has 0 aliphatic heterocycles. The third kappa shape index (κ3) is 5.43. The zero-order valence-corrected chi connectivity index (χ0v) is 14.4. The van der Waals surface area contributed by atoms with Gasteiger partial charge in [0.05, 0.1) is 12.8 Å². The van der Waals surface area contributed by atoms with Crippen molar-refractivity contribution in [3.05, 3.63) is 60.2 Å². The van der Waals surface area contributed by atoms with Gasteiger partial charge in [-0.2, -0.15) is 0 Å². The van der Waals surface area contributed by atoms with Crippen molar-refractivity contribution in [3.63, 3.8) is 0 Å². The van der Waals surface area contributed by atoms with E-state index in [1.807, 2.05) is 75.4 Å². The molecule has 2 aromatic carbocycles. The Bertz CT molecular complexity index is 702. The van der Waals surface area contributed by atoms with E-state index >= 15 is 0 Å². The van der Waals surface area contributed by atoms with Crippen LogP contribution >= 0.6 is 0 Å². The molecule has 2 aromatic rings. The van der Waals surface area contributed by atoms with E-state index < -0.39 is 11.7 Å². The second kappa shape index (κ2) is 7.64. The molecule has 0 aromatic heterocycles. The third-order valence-corrected chi connectivity index (χ3v) is 2.98. The van der Waals surface area contributed by atoms with Crippen LogP contribution in [0.4, 0.5) is 10.5 Å². The molecular weight excluding hydrogens is 304 g/mol. The molecule has 0 fully saturated rings. The van der Waals surface area contributed by atoms with Crippen molar-refractivity contribution >= 4 is 17.6 Å². The van der Waals surface area contributed by atoms with Crippen LogP contribution < -0.4 is 10.1 Å². The molecule has 0 saturated heterocycles. The average Bonchev–Trinajstić information content (AvgIpc) is 2.54. The van der Waals surface area contributed by atoms with Crippen LogP contribution in [-0.2, 0) is 4.74 Å². The van der Waals surface area contributed by atoms with Gasteiger partial charge in [-0.1, -0.05) is 30.3 Å². The fourth-order valence-corrected chi connectivity index (χ4v) is 1.95. The summed E-state index contributed by atoms with van der Waals surface area (Å²) in [5, 5.41) is 2.72. The van der Waals surface area contributed by atoms with Gasteiger partial charge in [-0.05, 0) is 45.0 Å². The lowest BCUT2D eigenvalue weighted by Gasteiger charge is -2.20. The highest BCUT2D eigenvalue weighted by Crippen LogP contribution is 2.19. The van der Waals surface area contributed by atoms with Crippen LogP contribution in [0.2, 0.25) is 0 Å². The lowest BCUT2D eigenvalue weighted by Crippen LogP contribution is -2.36. The summed E-state index contributed by atoms with van der Waals surface area (Å²) < 4.78 is 10.5. The first kappa shape index (κ1) is 17.5. The summed E-state index contributed by atoms with van der Waals surface area (Å²) in [6.45, 7) is 5.44. The minimum atomic E-state index is -0.577. The fourth-order valence-electron chi connectivity index (χ4n) is 1.95. The van der Waals surface area contributed by atoms with Gasteiger partial charge >= 0.3 is 6.09 Å². The molecule has 0 spiro atoms. The molecule has 0 radical (unpaired) electrons. The Morgan fingerprint density at radius 3 is 2.17 bits per heavy atom. The monoisotopic (exact) mass is 326 g/mol. The minimum absolute atomic E-state index is 0.426. The summed E-state index contributed by atoms with van der Waals surface area (Å²) >= 11 is 0. The number of hydrogen-bond acceptors (Lipinski definition) is 4. The lowest BCUT2D eigenvalue weighted by atomic mass is 10.2. The van der Waals surface area contributed by atoms with Gasteiger partial charge in [-0.3, -0.25) is 5.32 Å². The second-order valence-corrected chi connectivity index (χ2v) is 6.15. The number of rotatable bonds is 3. The molecule has 0 aliphatic rings. The first-order valence-corrected chi connectivity index (χ1v) is 7.65. The number of amidine groups is 1. The van der Waals surface area contributed by atoms with Gasteiger partial charge in [0.25, 0.3) is 0 Å². The molecule has 0 aliphatic carbocycles. The predicted octanol–water partition coefficient (Wildman–Crippen LogP) is 4.30. The fraction of sp³-hybridized carbons (Fsp3) is 0.263. The molecule has 24 heavy (non-hydrogen) atoms. The van der Waals surface area contributed by atoms with E-state index in [1.54, 1.807) is 7.11 Å². The molecule has 5 heteroatoms. The van der Waals surface area contributed by atoms with Crippen LogP contribution in [0, 0.1) is 0 Å². The zero-order chi connectivity index (χ0) is 17.6. The number of carbonyl (C=O) groups is 1. The number of ether oxygens (including phenoxy) is 2. The molecule has 126 valence electrons. The zero-order valence-electron chi connectivity index (χ0n) is 14.4. The van der Waals surface area contributed by atoms with Crippen molar-refractivity contribution in [3.8, 4) is 5.75 Å². The molecule has 0 bridgehead atoms. The van der Waals surface area contributed by atoms with Gasteiger partial charge < -0.3 is 9.47 Å². The van der Waals surface area contributed by atoms with Gasteiger partial charge in [0.15, 0.2) is 0 Å². The lowest BCUT2D eigenvalue weighted by molar-refractivity contribution is 0.0563. The Labute approximate surface area is 142 Å². The molecule has 2 rings (SSSR count). The number of nitrogens with one attached hydrogen (secondary N) is 1. The summed E-state index contributed by atoms with van der Waals surface area (Å²) in [7, 11) is 1.61. The molecule has 5 nitrogen and oxygen atoms in total. The highest BCUT2D eigenvalue weighted by Gasteiger charge is 2.18. The van der Waals surface area contributed by atoms with Crippen LogP contribution in [0.3, 0.4) is 0 Å². The first-order chi connectivity index (χ1) is 11.4. The molecule has 0 saturated carbocycles. The maximum absolute atomic E-state index is 12.1. The number of aliphatic imine (C=N–C) groups is 1. The van der Waals surface area contributed by atoms with E-state index in [0.29, 0.717) is 11.5 Å². The topological polar surface area (TPSA) is 59.9 Å². The Morgan fingerprint density at radius 1 is 1.00 bits per heavy atom. The summed E-state index contributed by atoms with van der Waals surface area (Å²) in [6.07, 6.45) is -0.543. The summed E-state index contributed by atoms with van der Waals surface area (Å²) in [4.78, 5) is 16.6. The van der Waals surface area contributed by atoms with Crippen molar-refractivity contribution in [1.82, 2.24) is 5.32 Å². The van der Waals surface area contributed by atoms with Gasteiger partial charge in [-0.25, -0.2) is 9.79 Å². The van der Waals surface area contributed by atoms with Gasteiger partial charge in [0, 0.05) is 5.56 Å². The summed E-state index contributed by atoms with van der Waals surface area (Å²) in [6, 6.07) is 16.7. The SMILES string of the molecule is COc1ccc(N=C(NC(=O)OC(C)(C)C)c2ccccc2)cc1. The highest BCUT2D eigenvalue weighted by molar-refractivity contribution is 6.07. The van der Waals surface area contributed by atoms with Gasteiger partial charge in [0.2, 0.25) is 0 Å². The van der Waals surface area contributed by atoms with Crippen LogP contribution in [0.5, 0.6) is 5.75 Å². The Morgan fingerprint density at radius 2 is 1.62 bits per heavy atom. The number of hydrogen-bond donors (Lipinski definition) is 1. The van der Waals surface area contributed by atoms with Crippen molar-refractivity contribution in [1.29, 1.82) is 0 Å². The van der Waals surface area contributed by atoms with Crippen LogP contribution in [0.25, 0.3) is 0 Å². The van der Waals surface area contributed by atoms with E-state index in [2.05, 4.69) is 10.3 Å². The number of nitrogens with zero attached hydrogens (tertiary/aromatic N) is 1. The van der Waals surface area contributed by atoms with Gasteiger partial charge in [-0.15, -0.1) is 0 Å². The second-order valence-electron chi connectivity index (χ2n) is 6.15. The van der Waals surface area contributed by atoms with Crippen molar-refractivity contribution in [2.75, 3.05) is 7.11 Å². The predicted molar refractivity (Wildman–Crippen MR) is 95.0 cm³/mol. The van der Waals surface area contributed by atoms with Crippen LogP contribution in [0.1, 0.15) is 26.3 Å². The summed E-state index contributed by atoms with van der Waals surface area (Å²) in [5.74, 6) is 1.17. The average molecular weight is 326 g/mol. The molecule has 0 atom stereocenters. The van der Waals surface area contributed by atoms with Crippen molar-refractivity contribution in [2.45, 2.75) is 26.4 Å². The van der Waals surface area contributed by atoms with Crippen LogP contribution in [-0.4, -0.2) is 24.6 Å². The third-order valence-electron chi connectivity index (χ3n) is 2.98. The Hall–Kier alpha value is -2.82. The largest absolute Gasteiger partial charge is 0.497 e. The van der Waals surface area contributed by atoms with Crippen molar-refractivity contribution < 1.29 is 14.3 Å². The van der Waals surface area contributed by atoms with Crippen molar-refractivity contribution in [2.24, 2.45) is 4.99 Å². The molecule has 1 amide bonds. The standard InChI is InChI=1S/C19H22N2O3/c1-19(2,3)24-18(22)21-17(14-8-6-5-7-9-14)20-15-10-12-16(23-4)13-11-15/h5-13H,1-4H3,(H,20,21,22). The smallest absolute Gasteiger partial charge is 0.413 e. The van der Waals surface area contributed by atoms with Crippen LogP contribution in [0.15, 0.2) is 59.6 Å². The van der Waals surface area contributed by atoms with E-state index in [9.17, 15) is 4.79 Å². The first-order valence-electron chi connectivity index (χ1n) is 7.65. The summed E-state index contributed by atoms with van der Waals surface area (Å²) in [5.41, 5.74) is 0.913.